The highest BCUT2D eigenvalue weighted by Gasteiger charge is 2.44. The monoisotopic (exact) mass is 399 g/mol. The Morgan fingerprint density at radius 3 is 2.32 bits per heavy atom. The van der Waals surface area contributed by atoms with Gasteiger partial charge in [0.25, 0.3) is 0 Å². The van der Waals surface area contributed by atoms with E-state index in [1.165, 1.54) is 18.2 Å². The van der Waals surface area contributed by atoms with E-state index in [-0.39, 0.29) is 11.6 Å². The van der Waals surface area contributed by atoms with Gasteiger partial charge < -0.3 is 20.3 Å². The third kappa shape index (κ3) is 4.57. The first-order valence-electron chi connectivity index (χ1n) is 9.44. The second kappa shape index (κ2) is 8.38. The number of para-hydroxylation sites is 1. The predicted octanol–water partition coefficient (Wildman–Crippen LogP) is 3.39. The van der Waals surface area contributed by atoms with E-state index >= 15 is 0 Å². The van der Waals surface area contributed by atoms with Crippen LogP contribution in [0.4, 0.5) is 23.7 Å². The van der Waals surface area contributed by atoms with Crippen molar-refractivity contribution < 1.29 is 27.5 Å². The summed E-state index contributed by atoms with van der Waals surface area (Å²) in [5.41, 5.74) is -2.35. The zero-order chi connectivity index (χ0) is 20.2. The minimum atomic E-state index is -4.59. The van der Waals surface area contributed by atoms with E-state index in [0.29, 0.717) is 39.1 Å². The van der Waals surface area contributed by atoms with Gasteiger partial charge in [-0.2, -0.15) is 13.2 Å². The molecule has 28 heavy (non-hydrogen) atoms. The average Bonchev–Trinajstić information content (AvgIpc) is 2.68. The number of halogens is 3. The van der Waals surface area contributed by atoms with Crippen molar-refractivity contribution in [1.29, 1.82) is 0 Å². The van der Waals surface area contributed by atoms with Gasteiger partial charge in [-0.05, 0) is 25.0 Å². The number of ether oxygens (including phenoxy) is 1. The van der Waals surface area contributed by atoms with Gasteiger partial charge in [0.05, 0.1) is 24.5 Å². The van der Waals surface area contributed by atoms with E-state index in [4.69, 9.17) is 4.74 Å². The Kier molecular flexibility index (Phi) is 6.12. The molecule has 2 N–H and O–H groups in total. The molecule has 9 heteroatoms. The lowest BCUT2D eigenvalue weighted by molar-refractivity contribution is -0.143. The lowest BCUT2D eigenvalue weighted by atomic mass is 9.80. The number of amides is 3. The third-order valence-corrected chi connectivity index (χ3v) is 5.25. The normalized spacial score (nSPS) is 19.8. The van der Waals surface area contributed by atoms with Crippen LogP contribution in [0.2, 0.25) is 0 Å². The third-order valence-electron chi connectivity index (χ3n) is 5.25. The van der Waals surface area contributed by atoms with Crippen LogP contribution < -0.4 is 10.6 Å². The molecule has 1 saturated heterocycles. The first kappa shape index (κ1) is 20.4. The quantitative estimate of drug-likeness (QED) is 0.819. The Hall–Kier alpha value is -2.29. The van der Waals surface area contributed by atoms with E-state index in [0.717, 1.165) is 25.3 Å². The zero-order valence-electron chi connectivity index (χ0n) is 15.5. The number of anilines is 1. The number of hydrogen-bond acceptors (Lipinski definition) is 3. The van der Waals surface area contributed by atoms with Crippen LogP contribution in [0.5, 0.6) is 0 Å². The molecule has 2 fully saturated rings. The summed E-state index contributed by atoms with van der Waals surface area (Å²) >= 11 is 0. The van der Waals surface area contributed by atoms with Crippen LogP contribution in [0.3, 0.4) is 0 Å². The topological polar surface area (TPSA) is 70.7 Å². The minimum absolute atomic E-state index is 0.185. The molecular weight excluding hydrogens is 375 g/mol. The van der Waals surface area contributed by atoms with Crippen LogP contribution >= 0.6 is 0 Å². The smallest absolute Gasteiger partial charge is 0.378 e. The fourth-order valence-electron chi connectivity index (χ4n) is 3.83. The van der Waals surface area contributed by atoms with Crippen LogP contribution in [0, 0.1) is 0 Å². The first-order chi connectivity index (χ1) is 13.3. The molecule has 0 radical (unpaired) electrons. The number of benzene rings is 1. The summed E-state index contributed by atoms with van der Waals surface area (Å²) < 4.78 is 44.8. The molecule has 0 unspecified atom stereocenters. The van der Waals surface area contributed by atoms with Crippen molar-refractivity contribution >= 4 is 17.6 Å². The number of nitrogens with one attached hydrogen (secondary N) is 2. The van der Waals surface area contributed by atoms with Crippen molar-refractivity contribution in [2.45, 2.75) is 43.8 Å². The number of rotatable bonds is 3. The Balaban J connectivity index is 1.76. The summed E-state index contributed by atoms with van der Waals surface area (Å²) in [6.07, 6.45) is -1.14. The van der Waals surface area contributed by atoms with Gasteiger partial charge in [0.1, 0.15) is 5.54 Å². The van der Waals surface area contributed by atoms with E-state index in [1.54, 1.807) is 4.90 Å². The molecule has 154 valence electrons. The van der Waals surface area contributed by atoms with Gasteiger partial charge in [0, 0.05) is 13.1 Å². The van der Waals surface area contributed by atoms with Gasteiger partial charge in [-0.3, -0.25) is 4.79 Å². The number of carbonyl (C=O) groups is 2. The molecule has 6 nitrogen and oxygen atoms in total. The van der Waals surface area contributed by atoms with Gasteiger partial charge in [-0.15, -0.1) is 0 Å². The zero-order valence-corrected chi connectivity index (χ0v) is 15.5. The van der Waals surface area contributed by atoms with Crippen LogP contribution in [0.25, 0.3) is 0 Å². The highest BCUT2D eigenvalue weighted by Crippen LogP contribution is 2.35. The Morgan fingerprint density at radius 1 is 1.04 bits per heavy atom. The molecule has 0 spiro atoms. The van der Waals surface area contributed by atoms with E-state index < -0.39 is 23.3 Å². The number of urea groups is 1. The maximum Gasteiger partial charge on any atom is 0.418 e. The van der Waals surface area contributed by atoms with Crippen LogP contribution in [-0.4, -0.2) is 48.7 Å². The number of carbonyl (C=O) groups excluding carboxylic acids is 2. The van der Waals surface area contributed by atoms with Gasteiger partial charge in [0.2, 0.25) is 5.91 Å². The second-order valence-electron chi connectivity index (χ2n) is 7.17. The maximum atomic E-state index is 13.2. The fourth-order valence-corrected chi connectivity index (χ4v) is 3.83. The highest BCUT2D eigenvalue weighted by atomic mass is 19.4. The lowest BCUT2D eigenvalue weighted by Crippen LogP contribution is -2.62. The van der Waals surface area contributed by atoms with Gasteiger partial charge in [-0.1, -0.05) is 31.4 Å². The lowest BCUT2D eigenvalue weighted by Gasteiger charge is -2.41. The summed E-state index contributed by atoms with van der Waals surface area (Å²) in [7, 11) is 0. The summed E-state index contributed by atoms with van der Waals surface area (Å²) in [4.78, 5) is 27.4. The molecule has 3 rings (SSSR count). The standard InChI is InChI=1S/C19H24F3N3O3/c20-19(21,22)14-6-2-3-7-15(14)23-17(27)24-18(8-4-1-5-9-18)16(26)25-10-12-28-13-11-25/h2-3,6-7H,1,4-5,8-13H2,(H2,23,24,27). The van der Waals surface area contributed by atoms with Crippen molar-refractivity contribution in [3.8, 4) is 0 Å². The molecule has 0 aromatic heterocycles. The number of morpholine rings is 1. The molecule has 1 heterocycles. The summed E-state index contributed by atoms with van der Waals surface area (Å²) in [6, 6.07) is 3.97. The van der Waals surface area contributed by atoms with Crippen molar-refractivity contribution in [1.82, 2.24) is 10.2 Å². The molecule has 3 amide bonds. The number of hydrogen-bond donors (Lipinski definition) is 2. The van der Waals surface area contributed by atoms with Gasteiger partial charge in [-0.25, -0.2) is 4.79 Å². The predicted molar refractivity (Wildman–Crippen MR) is 96.8 cm³/mol. The van der Waals surface area contributed by atoms with Crippen LogP contribution in [0.15, 0.2) is 24.3 Å². The molecule has 2 aliphatic rings. The van der Waals surface area contributed by atoms with E-state index in [1.807, 2.05) is 0 Å². The molecule has 1 saturated carbocycles. The largest absolute Gasteiger partial charge is 0.418 e. The second-order valence-corrected chi connectivity index (χ2v) is 7.17. The molecular formula is C19H24F3N3O3. The number of alkyl halides is 3. The van der Waals surface area contributed by atoms with Crippen LogP contribution in [0.1, 0.15) is 37.7 Å². The van der Waals surface area contributed by atoms with Crippen molar-refractivity contribution in [2.24, 2.45) is 0 Å². The SMILES string of the molecule is O=C(Nc1ccccc1C(F)(F)F)NC1(C(=O)N2CCOCC2)CCCCC1. The van der Waals surface area contributed by atoms with Gasteiger partial charge >= 0.3 is 12.2 Å². The van der Waals surface area contributed by atoms with Crippen LogP contribution in [-0.2, 0) is 15.7 Å². The summed E-state index contributed by atoms with van der Waals surface area (Å²) in [5, 5.41) is 4.99. The van der Waals surface area contributed by atoms with E-state index in [2.05, 4.69) is 10.6 Å². The molecule has 1 aromatic carbocycles. The minimum Gasteiger partial charge on any atom is -0.378 e. The molecule has 1 aromatic rings. The molecule has 1 aliphatic heterocycles. The summed E-state index contributed by atoms with van der Waals surface area (Å²) in [5.74, 6) is -0.185. The maximum absolute atomic E-state index is 13.2. The van der Waals surface area contributed by atoms with Crippen molar-refractivity contribution in [3.63, 3.8) is 0 Å². The fraction of sp³-hybridized carbons (Fsp3) is 0.579. The number of nitrogens with zero attached hydrogens (tertiary/aromatic N) is 1. The molecule has 0 bridgehead atoms. The van der Waals surface area contributed by atoms with Gasteiger partial charge in [0.15, 0.2) is 0 Å². The first-order valence-corrected chi connectivity index (χ1v) is 9.44. The molecule has 1 aliphatic carbocycles. The Bertz CT molecular complexity index is 712. The Labute approximate surface area is 161 Å². The van der Waals surface area contributed by atoms with Crippen molar-refractivity contribution in [3.05, 3.63) is 29.8 Å². The van der Waals surface area contributed by atoms with Crippen molar-refractivity contribution in [2.75, 3.05) is 31.6 Å². The highest BCUT2D eigenvalue weighted by molar-refractivity contribution is 5.96. The molecule has 0 atom stereocenters. The average molecular weight is 399 g/mol. The van der Waals surface area contributed by atoms with E-state index in [9.17, 15) is 22.8 Å². The Morgan fingerprint density at radius 2 is 1.68 bits per heavy atom. The summed E-state index contributed by atoms with van der Waals surface area (Å²) in [6.45, 7) is 1.77.